The molecule has 1 aliphatic rings. The van der Waals surface area contributed by atoms with Crippen molar-refractivity contribution in [2.75, 3.05) is 0 Å². The maximum atomic E-state index is 6.36. The molecule has 0 spiro atoms. The number of ether oxygens (including phenoxy) is 1. The van der Waals surface area contributed by atoms with Gasteiger partial charge in [0.2, 0.25) is 0 Å². The quantitative estimate of drug-likeness (QED) is 0.863. The second-order valence-corrected chi connectivity index (χ2v) is 6.43. The maximum absolute atomic E-state index is 6.36. The third kappa shape index (κ3) is 3.89. The molecule has 0 aliphatic heterocycles. The van der Waals surface area contributed by atoms with Gasteiger partial charge in [0.05, 0.1) is 5.02 Å². The SMILES string of the molecule is CCC1CCCCC1Oc1c(Cl)cccc1CC(C)N. The van der Waals surface area contributed by atoms with Crippen LogP contribution in [0, 0.1) is 5.92 Å². The van der Waals surface area contributed by atoms with Crippen molar-refractivity contribution in [3.8, 4) is 5.75 Å². The Bertz CT molecular complexity index is 433. The molecule has 1 saturated carbocycles. The van der Waals surface area contributed by atoms with Crippen molar-refractivity contribution in [2.24, 2.45) is 11.7 Å². The number of hydrogen-bond acceptors (Lipinski definition) is 2. The van der Waals surface area contributed by atoms with E-state index in [-0.39, 0.29) is 6.04 Å². The summed E-state index contributed by atoms with van der Waals surface area (Å²) in [6.45, 7) is 4.27. The van der Waals surface area contributed by atoms with E-state index < -0.39 is 0 Å². The fourth-order valence-corrected chi connectivity index (χ4v) is 3.38. The zero-order chi connectivity index (χ0) is 14.5. The average Bonchev–Trinajstić information content (AvgIpc) is 2.42. The number of halogens is 1. The van der Waals surface area contributed by atoms with Gasteiger partial charge in [0.25, 0.3) is 0 Å². The summed E-state index contributed by atoms with van der Waals surface area (Å²) in [5, 5.41) is 0.712. The van der Waals surface area contributed by atoms with E-state index in [2.05, 4.69) is 13.0 Å². The molecule has 0 radical (unpaired) electrons. The van der Waals surface area contributed by atoms with E-state index in [4.69, 9.17) is 22.1 Å². The summed E-state index contributed by atoms with van der Waals surface area (Å²) in [5.41, 5.74) is 7.06. The lowest BCUT2D eigenvalue weighted by Crippen LogP contribution is -2.30. The van der Waals surface area contributed by atoms with Crippen LogP contribution in [0.4, 0.5) is 0 Å². The van der Waals surface area contributed by atoms with Crippen LogP contribution >= 0.6 is 11.6 Å². The third-order valence-electron chi connectivity index (χ3n) is 4.22. The van der Waals surface area contributed by atoms with Gasteiger partial charge < -0.3 is 10.5 Å². The highest BCUT2D eigenvalue weighted by Crippen LogP contribution is 2.35. The van der Waals surface area contributed by atoms with E-state index in [1.165, 1.54) is 25.7 Å². The van der Waals surface area contributed by atoms with Gasteiger partial charge in [0.1, 0.15) is 11.9 Å². The summed E-state index contributed by atoms with van der Waals surface area (Å²) in [6.07, 6.45) is 7.29. The predicted molar refractivity (Wildman–Crippen MR) is 85.5 cm³/mol. The Kier molecular flexibility index (Phi) is 5.74. The molecule has 1 fully saturated rings. The van der Waals surface area contributed by atoms with E-state index in [1.807, 2.05) is 19.1 Å². The zero-order valence-corrected chi connectivity index (χ0v) is 13.3. The van der Waals surface area contributed by atoms with Gasteiger partial charge in [-0.1, -0.05) is 37.1 Å². The molecule has 3 unspecified atom stereocenters. The summed E-state index contributed by atoms with van der Waals surface area (Å²) in [4.78, 5) is 0. The van der Waals surface area contributed by atoms with Crippen molar-refractivity contribution in [1.82, 2.24) is 0 Å². The summed E-state index contributed by atoms with van der Waals surface area (Å²) in [5.74, 6) is 1.51. The van der Waals surface area contributed by atoms with Crippen LogP contribution in [0.1, 0.15) is 51.5 Å². The highest BCUT2D eigenvalue weighted by Gasteiger charge is 2.26. The standard InChI is InChI=1S/C17H26ClNO/c1-3-13-7-4-5-10-16(13)20-17-14(11-12(2)19)8-6-9-15(17)18/h6,8-9,12-13,16H,3-5,7,10-11,19H2,1-2H3. The lowest BCUT2D eigenvalue weighted by molar-refractivity contribution is 0.0894. The van der Waals surface area contributed by atoms with Crippen LogP contribution in [0.25, 0.3) is 0 Å². The van der Waals surface area contributed by atoms with Crippen LogP contribution in [0.15, 0.2) is 18.2 Å². The zero-order valence-electron chi connectivity index (χ0n) is 12.6. The topological polar surface area (TPSA) is 35.2 Å². The average molecular weight is 296 g/mol. The molecular weight excluding hydrogens is 270 g/mol. The Morgan fingerprint density at radius 2 is 2.10 bits per heavy atom. The second kappa shape index (κ2) is 7.33. The van der Waals surface area contributed by atoms with Gasteiger partial charge in [0, 0.05) is 6.04 Å². The first-order valence-electron chi connectivity index (χ1n) is 7.81. The molecule has 3 heteroatoms. The molecule has 0 bridgehead atoms. The maximum Gasteiger partial charge on any atom is 0.141 e. The molecule has 2 nitrogen and oxygen atoms in total. The number of nitrogens with two attached hydrogens (primary N) is 1. The number of benzene rings is 1. The van der Waals surface area contributed by atoms with Crippen molar-refractivity contribution >= 4 is 11.6 Å². The molecule has 0 heterocycles. The van der Waals surface area contributed by atoms with Crippen molar-refractivity contribution < 1.29 is 4.74 Å². The van der Waals surface area contributed by atoms with Gasteiger partial charge in [-0.15, -0.1) is 0 Å². The molecule has 2 rings (SSSR count). The predicted octanol–water partition coefficient (Wildman–Crippen LogP) is 4.58. The number of rotatable bonds is 5. The van der Waals surface area contributed by atoms with Crippen LogP contribution in [0.2, 0.25) is 5.02 Å². The smallest absolute Gasteiger partial charge is 0.141 e. The molecule has 0 saturated heterocycles. The molecule has 1 aromatic rings. The summed E-state index contributed by atoms with van der Waals surface area (Å²) in [7, 11) is 0. The second-order valence-electron chi connectivity index (χ2n) is 6.02. The highest BCUT2D eigenvalue weighted by atomic mass is 35.5. The number of hydrogen-bond donors (Lipinski definition) is 1. The lowest BCUT2D eigenvalue weighted by Gasteiger charge is -2.32. The van der Waals surface area contributed by atoms with E-state index in [0.29, 0.717) is 17.0 Å². The Labute approximate surface area is 127 Å². The molecule has 3 atom stereocenters. The molecule has 0 aromatic heterocycles. The summed E-state index contributed by atoms with van der Waals surface area (Å²) in [6, 6.07) is 6.08. The van der Waals surface area contributed by atoms with E-state index >= 15 is 0 Å². The Morgan fingerprint density at radius 1 is 1.35 bits per heavy atom. The molecule has 0 amide bonds. The first kappa shape index (κ1) is 15.7. The Balaban J connectivity index is 2.18. The minimum Gasteiger partial charge on any atom is -0.488 e. The third-order valence-corrected chi connectivity index (χ3v) is 4.52. The fraction of sp³-hybridized carbons (Fsp3) is 0.647. The van der Waals surface area contributed by atoms with Gasteiger partial charge in [0.15, 0.2) is 0 Å². The monoisotopic (exact) mass is 295 g/mol. The van der Waals surface area contributed by atoms with E-state index in [0.717, 1.165) is 24.2 Å². The van der Waals surface area contributed by atoms with Crippen LogP contribution < -0.4 is 10.5 Å². The van der Waals surface area contributed by atoms with Crippen LogP contribution in [0.3, 0.4) is 0 Å². The number of para-hydroxylation sites is 1. The molecule has 2 N–H and O–H groups in total. The Hall–Kier alpha value is -0.730. The van der Waals surface area contributed by atoms with Crippen LogP contribution in [0.5, 0.6) is 5.75 Å². The van der Waals surface area contributed by atoms with Crippen molar-refractivity contribution in [2.45, 2.75) is 64.5 Å². The molecular formula is C17H26ClNO. The molecule has 112 valence electrons. The van der Waals surface area contributed by atoms with E-state index in [9.17, 15) is 0 Å². The fourth-order valence-electron chi connectivity index (χ4n) is 3.14. The van der Waals surface area contributed by atoms with Crippen molar-refractivity contribution in [1.29, 1.82) is 0 Å². The summed E-state index contributed by atoms with van der Waals surface area (Å²) < 4.78 is 6.33. The lowest BCUT2D eigenvalue weighted by atomic mass is 9.84. The van der Waals surface area contributed by atoms with Gasteiger partial charge >= 0.3 is 0 Å². The normalized spacial score (nSPS) is 24.4. The Morgan fingerprint density at radius 3 is 2.80 bits per heavy atom. The largest absolute Gasteiger partial charge is 0.488 e. The minimum absolute atomic E-state index is 0.115. The first-order chi connectivity index (χ1) is 9.61. The molecule has 1 aliphatic carbocycles. The van der Waals surface area contributed by atoms with Gasteiger partial charge in [-0.3, -0.25) is 0 Å². The van der Waals surface area contributed by atoms with Crippen LogP contribution in [-0.4, -0.2) is 12.1 Å². The van der Waals surface area contributed by atoms with Crippen molar-refractivity contribution in [3.63, 3.8) is 0 Å². The van der Waals surface area contributed by atoms with Crippen molar-refractivity contribution in [3.05, 3.63) is 28.8 Å². The van der Waals surface area contributed by atoms with Gasteiger partial charge in [-0.25, -0.2) is 0 Å². The van der Waals surface area contributed by atoms with Gasteiger partial charge in [-0.05, 0) is 56.6 Å². The molecule has 1 aromatic carbocycles. The summed E-state index contributed by atoms with van der Waals surface area (Å²) >= 11 is 6.36. The first-order valence-corrected chi connectivity index (χ1v) is 8.19. The highest BCUT2D eigenvalue weighted by molar-refractivity contribution is 6.32. The van der Waals surface area contributed by atoms with Gasteiger partial charge in [-0.2, -0.15) is 0 Å². The molecule has 20 heavy (non-hydrogen) atoms. The van der Waals surface area contributed by atoms with E-state index in [1.54, 1.807) is 0 Å². The van der Waals surface area contributed by atoms with Crippen LogP contribution in [-0.2, 0) is 6.42 Å². The minimum atomic E-state index is 0.115.